The zero-order valence-electron chi connectivity index (χ0n) is 15.1. The topological polar surface area (TPSA) is 58.0 Å². The third-order valence-corrected chi connectivity index (χ3v) is 5.77. The highest BCUT2D eigenvalue weighted by molar-refractivity contribution is 5.81. The molecule has 0 aromatic carbocycles. The van der Waals surface area contributed by atoms with Gasteiger partial charge >= 0.3 is 0 Å². The number of fused-ring (bicyclic) bond motifs is 1. The Hall–Kier alpha value is -1.37. The first-order valence-corrected chi connectivity index (χ1v) is 9.64. The molecule has 3 aliphatic rings. The van der Waals surface area contributed by atoms with Crippen molar-refractivity contribution < 1.29 is 13.9 Å². The molecule has 3 fully saturated rings. The molecule has 0 bridgehead atoms. The van der Waals surface area contributed by atoms with Gasteiger partial charge in [0.15, 0.2) is 0 Å². The van der Waals surface area contributed by atoms with Crippen LogP contribution in [-0.4, -0.2) is 66.7 Å². The average molecular weight is 347 g/mol. The molecule has 3 aliphatic heterocycles. The Labute approximate surface area is 149 Å². The molecule has 1 amide bonds. The minimum absolute atomic E-state index is 0.0578. The summed E-state index contributed by atoms with van der Waals surface area (Å²) in [5.41, 5.74) is 0. The Morgan fingerprint density at radius 1 is 1.28 bits per heavy atom. The van der Waals surface area contributed by atoms with Crippen molar-refractivity contribution in [2.24, 2.45) is 0 Å². The summed E-state index contributed by atoms with van der Waals surface area (Å²) in [6, 6.07) is 4.38. The standard InChI is InChI=1S/C19H29N3O3/c1-14-4-5-15(24-14)13-22-10-6-17-16(22)12-18(25-17)19(23)20-7-11-21-8-2-3-9-21/h4-5,16-18H,2-3,6-13H2,1H3,(H,20,23)/t16-,17-,18-/m0/s1. The van der Waals surface area contributed by atoms with E-state index in [1.165, 1.54) is 25.9 Å². The maximum atomic E-state index is 12.4. The summed E-state index contributed by atoms with van der Waals surface area (Å²) >= 11 is 0. The van der Waals surface area contributed by atoms with Crippen LogP contribution in [-0.2, 0) is 16.1 Å². The molecule has 25 heavy (non-hydrogen) atoms. The average Bonchev–Trinajstić information content (AvgIpc) is 3.34. The first kappa shape index (κ1) is 17.1. The number of hydrogen-bond donors (Lipinski definition) is 1. The van der Waals surface area contributed by atoms with Crippen molar-refractivity contribution in [1.29, 1.82) is 0 Å². The minimum atomic E-state index is -0.297. The fourth-order valence-electron chi connectivity index (χ4n) is 4.42. The third-order valence-electron chi connectivity index (χ3n) is 5.77. The van der Waals surface area contributed by atoms with Gasteiger partial charge in [-0.25, -0.2) is 0 Å². The van der Waals surface area contributed by atoms with E-state index in [-0.39, 0.29) is 18.1 Å². The maximum Gasteiger partial charge on any atom is 0.249 e. The van der Waals surface area contributed by atoms with Crippen molar-refractivity contribution in [1.82, 2.24) is 15.1 Å². The Bertz CT molecular complexity index is 596. The fourth-order valence-corrected chi connectivity index (χ4v) is 4.42. The molecule has 0 aliphatic carbocycles. The molecule has 4 rings (SSSR count). The first-order valence-electron chi connectivity index (χ1n) is 9.64. The quantitative estimate of drug-likeness (QED) is 0.846. The zero-order chi connectivity index (χ0) is 17.2. The minimum Gasteiger partial charge on any atom is -0.465 e. The van der Waals surface area contributed by atoms with Crippen LogP contribution in [0.25, 0.3) is 0 Å². The van der Waals surface area contributed by atoms with E-state index in [9.17, 15) is 4.79 Å². The number of nitrogens with one attached hydrogen (secondary N) is 1. The van der Waals surface area contributed by atoms with Crippen molar-refractivity contribution in [3.8, 4) is 0 Å². The molecular formula is C19H29N3O3. The summed E-state index contributed by atoms with van der Waals surface area (Å²) in [4.78, 5) is 17.2. The molecule has 3 atom stereocenters. The first-order chi connectivity index (χ1) is 12.2. The summed E-state index contributed by atoms with van der Waals surface area (Å²) < 4.78 is 11.7. The second-order valence-electron chi connectivity index (χ2n) is 7.58. The van der Waals surface area contributed by atoms with Crippen molar-refractivity contribution in [2.45, 2.75) is 57.4 Å². The van der Waals surface area contributed by atoms with Gasteiger partial charge in [0, 0.05) is 32.1 Å². The van der Waals surface area contributed by atoms with E-state index in [2.05, 4.69) is 15.1 Å². The SMILES string of the molecule is Cc1ccc(CN2CC[C@@H]3O[C@H](C(=O)NCCN4CCCC4)C[C@@H]32)o1. The van der Waals surface area contributed by atoms with Gasteiger partial charge in [-0.3, -0.25) is 9.69 Å². The summed E-state index contributed by atoms with van der Waals surface area (Å²) in [6.45, 7) is 7.80. The molecule has 1 aromatic heterocycles. The lowest BCUT2D eigenvalue weighted by Crippen LogP contribution is -2.40. The number of amides is 1. The van der Waals surface area contributed by atoms with Gasteiger partial charge in [-0.2, -0.15) is 0 Å². The van der Waals surface area contributed by atoms with Crippen LogP contribution in [0.15, 0.2) is 16.5 Å². The van der Waals surface area contributed by atoms with Crippen LogP contribution in [0.4, 0.5) is 0 Å². The molecular weight excluding hydrogens is 318 g/mol. The second kappa shape index (κ2) is 7.48. The van der Waals surface area contributed by atoms with Crippen molar-refractivity contribution in [2.75, 3.05) is 32.7 Å². The van der Waals surface area contributed by atoms with Crippen LogP contribution in [0.2, 0.25) is 0 Å². The predicted molar refractivity (Wildman–Crippen MR) is 94.2 cm³/mol. The number of furan rings is 1. The molecule has 3 saturated heterocycles. The molecule has 6 nitrogen and oxygen atoms in total. The molecule has 0 unspecified atom stereocenters. The molecule has 0 saturated carbocycles. The van der Waals surface area contributed by atoms with E-state index >= 15 is 0 Å². The van der Waals surface area contributed by atoms with Gasteiger partial charge in [0.1, 0.15) is 17.6 Å². The lowest BCUT2D eigenvalue weighted by molar-refractivity contribution is -0.132. The summed E-state index contributed by atoms with van der Waals surface area (Å²) in [5.74, 6) is 2.00. The van der Waals surface area contributed by atoms with Gasteiger partial charge in [0.25, 0.3) is 0 Å². The number of likely N-dealkylation sites (tertiary alicyclic amines) is 2. The van der Waals surface area contributed by atoms with Crippen molar-refractivity contribution in [3.05, 3.63) is 23.7 Å². The lowest BCUT2D eigenvalue weighted by Gasteiger charge is -2.21. The van der Waals surface area contributed by atoms with Crippen LogP contribution >= 0.6 is 0 Å². The maximum absolute atomic E-state index is 12.4. The number of carbonyl (C=O) groups is 1. The van der Waals surface area contributed by atoms with E-state index in [4.69, 9.17) is 9.15 Å². The van der Waals surface area contributed by atoms with Crippen LogP contribution in [0.3, 0.4) is 0 Å². The fraction of sp³-hybridized carbons (Fsp3) is 0.737. The van der Waals surface area contributed by atoms with Crippen LogP contribution in [0, 0.1) is 6.92 Å². The summed E-state index contributed by atoms with van der Waals surface area (Å²) in [5, 5.41) is 3.07. The van der Waals surface area contributed by atoms with E-state index in [0.717, 1.165) is 50.5 Å². The Morgan fingerprint density at radius 3 is 2.88 bits per heavy atom. The number of rotatable bonds is 6. The van der Waals surface area contributed by atoms with Gasteiger partial charge in [0.2, 0.25) is 5.91 Å². The predicted octanol–water partition coefficient (Wildman–Crippen LogP) is 1.53. The highest BCUT2D eigenvalue weighted by atomic mass is 16.5. The molecule has 1 aromatic rings. The van der Waals surface area contributed by atoms with E-state index in [1.54, 1.807) is 0 Å². The smallest absolute Gasteiger partial charge is 0.249 e. The van der Waals surface area contributed by atoms with Gasteiger partial charge < -0.3 is 19.4 Å². The van der Waals surface area contributed by atoms with Crippen molar-refractivity contribution in [3.63, 3.8) is 0 Å². The van der Waals surface area contributed by atoms with Gasteiger partial charge in [-0.1, -0.05) is 0 Å². The van der Waals surface area contributed by atoms with Gasteiger partial charge in [-0.15, -0.1) is 0 Å². The van der Waals surface area contributed by atoms with Crippen LogP contribution in [0.5, 0.6) is 0 Å². The van der Waals surface area contributed by atoms with Crippen molar-refractivity contribution >= 4 is 5.91 Å². The number of aryl methyl sites for hydroxylation is 1. The van der Waals surface area contributed by atoms with E-state index in [1.807, 2.05) is 19.1 Å². The lowest BCUT2D eigenvalue weighted by atomic mass is 10.1. The normalized spacial score (nSPS) is 30.0. The zero-order valence-corrected chi connectivity index (χ0v) is 15.1. The number of carbonyl (C=O) groups excluding carboxylic acids is 1. The highest BCUT2D eigenvalue weighted by Crippen LogP contribution is 2.34. The number of ether oxygens (including phenoxy) is 1. The number of nitrogens with zero attached hydrogens (tertiary/aromatic N) is 2. The molecule has 4 heterocycles. The van der Waals surface area contributed by atoms with Crippen LogP contribution < -0.4 is 5.32 Å². The third kappa shape index (κ3) is 3.91. The largest absolute Gasteiger partial charge is 0.465 e. The van der Waals surface area contributed by atoms with E-state index < -0.39 is 0 Å². The monoisotopic (exact) mass is 347 g/mol. The van der Waals surface area contributed by atoms with Gasteiger partial charge in [-0.05, 0) is 51.4 Å². The molecule has 6 heteroatoms. The molecule has 0 spiro atoms. The second-order valence-corrected chi connectivity index (χ2v) is 7.58. The highest BCUT2D eigenvalue weighted by Gasteiger charge is 2.45. The number of hydrogen-bond acceptors (Lipinski definition) is 5. The Morgan fingerprint density at radius 2 is 2.12 bits per heavy atom. The Balaban J connectivity index is 1.24. The van der Waals surface area contributed by atoms with Crippen LogP contribution in [0.1, 0.15) is 37.2 Å². The molecule has 1 N–H and O–H groups in total. The summed E-state index contributed by atoms with van der Waals surface area (Å²) in [7, 11) is 0. The summed E-state index contributed by atoms with van der Waals surface area (Å²) in [6.07, 6.45) is 4.25. The van der Waals surface area contributed by atoms with Gasteiger partial charge in [0.05, 0.1) is 12.6 Å². The van der Waals surface area contributed by atoms with E-state index in [0.29, 0.717) is 6.04 Å². The Kier molecular flexibility index (Phi) is 5.10. The molecule has 138 valence electrons. The molecule has 0 radical (unpaired) electrons.